The van der Waals surface area contributed by atoms with Gasteiger partial charge in [0.05, 0.1) is 7.11 Å². The van der Waals surface area contributed by atoms with E-state index in [1.165, 1.54) is 0 Å². The van der Waals surface area contributed by atoms with Crippen molar-refractivity contribution < 1.29 is 9.84 Å². The van der Waals surface area contributed by atoms with E-state index in [0.29, 0.717) is 0 Å². The fourth-order valence-corrected chi connectivity index (χ4v) is 2.41. The maximum absolute atomic E-state index is 9.55. The molecule has 0 aromatic heterocycles. The van der Waals surface area contributed by atoms with Crippen molar-refractivity contribution in [3.8, 4) is 11.5 Å². The summed E-state index contributed by atoms with van der Waals surface area (Å²) in [6.45, 7) is 6.15. The van der Waals surface area contributed by atoms with E-state index in [1.807, 2.05) is 32.0 Å². The summed E-state index contributed by atoms with van der Waals surface area (Å²) < 4.78 is 5.44. The van der Waals surface area contributed by atoms with Crippen LogP contribution in [0.5, 0.6) is 11.5 Å². The highest BCUT2D eigenvalue weighted by atomic mass is 16.5. The number of benzene rings is 2. The Balaban J connectivity index is 2.26. The summed E-state index contributed by atoms with van der Waals surface area (Å²) in [6.07, 6.45) is 0. The Kier molecular flexibility index (Phi) is 4.18. The quantitative estimate of drug-likeness (QED) is 0.876. The van der Waals surface area contributed by atoms with Crippen molar-refractivity contribution in [2.45, 2.75) is 26.8 Å². The summed E-state index contributed by atoms with van der Waals surface area (Å²) in [4.78, 5) is 0. The average molecular weight is 271 g/mol. The summed E-state index contributed by atoms with van der Waals surface area (Å²) in [7, 11) is 1.69. The number of aromatic hydroxyl groups is 1. The summed E-state index contributed by atoms with van der Waals surface area (Å²) in [6, 6.07) is 11.5. The molecule has 2 N–H and O–H groups in total. The van der Waals surface area contributed by atoms with Crippen molar-refractivity contribution >= 4 is 5.69 Å². The van der Waals surface area contributed by atoms with Crippen LogP contribution < -0.4 is 10.1 Å². The first kappa shape index (κ1) is 14.3. The molecule has 0 heterocycles. The van der Waals surface area contributed by atoms with Gasteiger partial charge in [-0.25, -0.2) is 0 Å². The molecule has 0 saturated carbocycles. The second-order valence-electron chi connectivity index (χ2n) is 5.05. The molecule has 2 aromatic rings. The zero-order chi connectivity index (χ0) is 14.7. The van der Waals surface area contributed by atoms with Crippen LogP contribution in [0.15, 0.2) is 36.4 Å². The first-order chi connectivity index (χ1) is 9.52. The summed E-state index contributed by atoms with van der Waals surface area (Å²) in [5, 5.41) is 13.0. The third-order valence-corrected chi connectivity index (χ3v) is 3.55. The van der Waals surface area contributed by atoms with E-state index >= 15 is 0 Å². The molecule has 1 unspecified atom stereocenters. The van der Waals surface area contributed by atoms with E-state index in [9.17, 15) is 5.11 Å². The molecule has 0 fully saturated rings. The zero-order valence-electron chi connectivity index (χ0n) is 12.4. The number of hydrogen-bond donors (Lipinski definition) is 2. The van der Waals surface area contributed by atoms with Crippen molar-refractivity contribution in [1.82, 2.24) is 0 Å². The Hall–Kier alpha value is -2.16. The number of anilines is 1. The second-order valence-corrected chi connectivity index (χ2v) is 5.05. The Morgan fingerprint density at radius 3 is 2.55 bits per heavy atom. The molecule has 0 aliphatic carbocycles. The molecule has 0 aliphatic rings. The van der Waals surface area contributed by atoms with Gasteiger partial charge in [-0.1, -0.05) is 18.2 Å². The highest BCUT2D eigenvalue weighted by molar-refractivity contribution is 5.60. The van der Waals surface area contributed by atoms with Gasteiger partial charge in [0, 0.05) is 17.3 Å². The number of rotatable bonds is 4. The molecule has 0 saturated heterocycles. The van der Waals surface area contributed by atoms with Gasteiger partial charge in [-0.05, 0) is 50.1 Å². The minimum atomic E-state index is 0.105. The largest absolute Gasteiger partial charge is 0.508 e. The Morgan fingerprint density at radius 2 is 1.90 bits per heavy atom. The lowest BCUT2D eigenvalue weighted by molar-refractivity contribution is 0.409. The predicted octanol–water partition coefficient (Wildman–Crippen LogP) is 4.19. The maximum Gasteiger partial charge on any atom is 0.126 e. The second kappa shape index (κ2) is 5.87. The number of ether oxygens (including phenoxy) is 1. The Bertz CT molecular complexity index is 608. The van der Waals surface area contributed by atoms with Gasteiger partial charge in [-0.15, -0.1) is 0 Å². The lowest BCUT2D eigenvalue weighted by Gasteiger charge is -2.20. The third kappa shape index (κ3) is 2.87. The summed E-state index contributed by atoms with van der Waals surface area (Å²) >= 11 is 0. The minimum absolute atomic E-state index is 0.105. The van der Waals surface area contributed by atoms with Crippen LogP contribution in [0, 0.1) is 13.8 Å². The third-order valence-electron chi connectivity index (χ3n) is 3.55. The summed E-state index contributed by atoms with van der Waals surface area (Å²) in [5.74, 6) is 1.20. The number of phenols is 1. The molecule has 0 aliphatic heterocycles. The molecule has 20 heavy (non-hydrogen) atoms. The fourth-order valence-electron chi connectivity index (χ4n) is 2.41. The molecule has 3 nitrogen and oxygen atoms in total. The van der Waals surface area contributed by atoms with E-state index < -0.39 is 0 Å². The van der Waals surface area contributed by atoms with Crippen molar-refractivity contribution in [2.24, 2.45) is 0 Å². The zero-order valence-corrected chi connectivity index (χ0v) is 12.4. The summed E-state index contributed by atoms with van der Waals surface area (Å²) in [5.41, 5.74) is 4.31. The van der Waals surface area contributed by atoms with Crippen LogP contribution in [0.1, 0.15) is 29.7 Å². The Morgan fingerprint density at radius 1 is 1.15 bits per heavy atom. The van der Waals surface area contributed by atoms with Crippen molar-refractivity contribution in [3.63, 3.8) is 0 Å². The van der Waals surface area contributed by atoms with Crippen molar-refractivity contribution in [3.05, 3.63) is 53.1 Å². The molecular weight excluding hydrogens is 250 g/mol. The number of aryl methyl sites for hydroxylation is 1. The van der Waals surface area contributed by atoms with Crippen LogP contribution in [0.3, 0.4) is 0 Å². The first-order valence-electron chi connectivity index (χ1n) is 6.72. The molecule has 0 bridgehead atoms. The maximum atomic E-state index is 9.55. The average Bonchev–Trinajstić information content (AvgIpc) is 2.42. The molecule has 2 aromatic carbocycles. The van der Waals surface area contributed by atoms with Gasteiger partial charge in [0.15, 0.2) is 0 Å². The lowest BCUT2D eigenvalue weighted by atomic mass is 10.0. The van der Waals surface area contributed by atoms with Crippen LogP contribution >= 0.6 is 0 Å². The first-order valence-corrected chi connectivity index (χ1v) is 6.72. The van der Waals surface area contributed by atoms with Crippen LogP contribution in [0.2, 0.25) is 0 Å². The molecule has 0 amide bonds. The smallest absolute Gasteiger partial charge is 0.126 e. The number of methoxy groups -OCH3 is 1. The fraction of sp³-hybridized carbons (Fsp3) is 0.294. The van der Waals surface area contributed by atoms with E-state index in [4.69, 9.17) is 4.74 Å². The number of nitrogens with one attached hydrogen (secondary N) is 1. The van der Waals surface area contributed by atoms with Gasteiger partial charge < -0.3 is 15.2 Å². The number of hydrogen-bond acceptors (Lipinski definition) is 3. The molecule has 106 valence electrons. The molecular formula is C17H21NO2. The van der Waals surface area contributed by atoms with E-state index in [0.717, 1.165) is 28.1 Å². The highest BCUT2D eigenvalue weighted by Crippen LogP contribution is 2.31. The van der Waals surface area contributed by atoms with E-state index in [-0.39, 0.29) is 11.8 Å². The molecule has 3 heteroatoms. The standard InChI is InChI=1S/C17H21NO2/c1-11-8-9-16(12(2)17(11)20-4)18-13(3)14-6-5-7-15(19)10-14/h5-10,13,18-19H,1-4H3. The van der Waals surface area contributed by atoms with E-state index in [2.05, 4.69) is 18.3 Å². The van der Waals surface area contributed by atoms with Crippen molar-refractivity contribution in [2.75, 3.05) is 12.4 Å². The van der Waals surface area contributed by atoms with Gasteiger partial charge in [-0.3, -0.25) is 0 Å². The topological polar surface area (TPSA) is 41.5 Å². The van der Waals surface area contributed by atoms with Gasteiger partial charge in [-0.2, -0.15) is 0 Å². The monoisotopic (exact) mass is 271 g/mol. The minimum Gasteiger partial charge on any atom is -0.508 e. The Labute approximate surface area is 120 Å². The van der Waals surface area contributed by atoms with Crippen LogP contribution in [-0.4, -0.2) is 12.2 Å². The lowest BCUT2D eigenvalue weighted by Crippen LogP contribution is -2.08. The van der Waals surface area contributed by atoms with Crippen LogP contribution in [0.25, 0.3) is 0 Å². The molecule has 0 radical (unpaired) electrons. The van der Waals surface area contributed by atoms with Crippen LogP contribution in [-0.2, 0) is 0 Å². The van der Waals surface area contributed by atoms with Gasteiger partial charge in [0.1, 0.15) is 11.5 Å². The van der Waals surface area contributed by atoms with Gasteiger partial charge >= 0.3 is 0 Å². The normalized spacial score (nSPS) is 12.0. The van der Waals surface area contributed by atoms with Crippen LogP contribution in [0.4, 0.5) is 5.69 Å². The number of phenolic OH excluding ortho intramolecular Hbond substituents is 1. The van der Waals surface area contributed by atoms with Crippen molar-refractivity contribution in [1.29, 1.82) is 0 Å². The molecule has 1 atom stereocenters. The SMILES string of the molecule is COc1c(C)ccc(NC(C)c2cccc(O)c2)c1C. The van der Waals surface area contributed by atoms with Gasteiger partial charge in [0.2, 0.25) is 0 Å². The highest BCUT2D eigenvalue weighted by Gasteiger charge is 2.11. The molecule has 0 spiro atoms. The van der Waals surface area contributed by atoms with E-state index in [1.54, 1.807) is 19.2 Å². The predicted molar refractivity (Wildman–Crippen MR) is 82.6 cm³/mol. The van der Waals surface area contributed by atoms with Gasteiger partial charge in [0.25, 0.3) is 0 Å². The molecule has 2 rings (SSSR count).